The quantitative estimate of drug-likeness (QED) is 0.821. The fourth-order valence-electron chi connectivity index (χ4n) is 2.96. The molecule has 6 heteroatoms. The van der Waals surface area contributed by atoms with E-state index in [0.717, 1.165) is 17.3 Å². The zero-order valence-electron chi connectivity index (χ0n) is 15.5. The summed E-state index contributed by atoms with van der Waals surface area (Å²) in [5.41, 5.74) is 1.77. The van der Waals surface area contributed by atoms with Crippen molar-refractivity contribution in [3.63, 3.8) is 0 Å². The predicted molar refractivity (Wildman–Crippen MR) is 105 cm³/mol. The van der Waals surface area contributed by atoms with Crippen LogP contribution < -0.4 is 10.9 Å². The van der Waals surface area contributed by atoms with Crippen LogP contribution >= 0.6 is 11.8 Å². The van der Waals surface area contributed by atoms with Crippen LogP contribution in [0.2, 0.25) is 0 Å². The van der Waals surface area contributed by atoms with E-state index in [9.17, 15) is 9.59 Å². The molecule has 1 amide bonds. The van der Waals surface area contributed by atoms with Gasteiger partial charge < -0.3 is 5.32 Å². The Morgan fingerprint density at radius 2 is 2.04 bits per heavy atom. The number of nitrogens with zero attached hydrogens (tertiary/aromatic N) is 2. The van der Waals surface area contributed by atoms with E-state index in [1.54, 1.807) is 22.4 Å². The summed E-state index contributed by atoms with van der Waals surface area (Å²) < 4.78 is 1.68. The van der Waals surface area contributed by atoms with Crippen molar-refractivity contribution in [2.75, 3.05) is 12.3 Å². The molecule has 3 rings (SSSR count). The average Bonchev–Trinajstić information content (AvgIpc) is 2.98. The number of carbonyl (C=O) groups excluding carboxylic acids is 1. The number of fused-ring (bicyclic) bond motifs is 1. The summed E-state index contributed by atoms with van der Waals surface area (Å²) >= 11 is 1.55. The van der Waals surface area contributed by atoms with E-state index in [-0.39, 0.29) is 22.9 Å². The average molecular weight is 372 g/mol. The van der Waals surface area contributed by atoms with E-state index in [0.29, 0.717) is 18.7 Å². The largest absolute Gasteiger partial charge is 0.356 e. The number of amides is 1. The lowest BCUT2D eigenvalue weighted by molar-refractivity contribution is -0.121. The molecule has 1 aromatic heterocycles. The Kier molecular flexibility index (Phi) is 5.51. The lowest BCUT2D eigenvalue weighted by atomic mass is 9.92. The molecule has 1 N–H and O–H groups in total. The normalized spacial score (nSPS) is 16.3. The zero-order valence-corrected chi connectivity index (χ0v) is 16.3. The van der Waals surface area contributed by atoms with Crippen molar-refractivity contribution in [3.05, 3.63) is 58.0 Å². The van der Waals surface area contributed by atoms with Crippen LogP contribution in [-0.4, -0.2) is 27.8 Å². The van der Waals surface area contributed by atoms with E-state index in [1.807, 2.05) is 51.1 Å². The number of benzene rings is 1. The van der Waals surface area contributed by atoms with E-state index in [1.165, 1.54) is 5.56 Å². The van der Waals surface area contributed by atoms with Crippen molar-refractivity contribution in [1.82, 2.24) is 14.9 Å². The van der Waals surface area contributed by atoms with Gasteiger partial charge >= 0.3 is 0 Å². The number of aromatic nitrogens is 2. The van der Waals surface area contributed by atoms with Crippen LogP contribution in [0.4, 0.5) is 0 Å². The second-order valence-electron chi connectivity index (χ2n) is 7.64. The maximum Gasteiger partial charge on any atom is 0.254 e. The first kappa shape index (κ1) is 18.7. The van der Waals surface area contributed by atoms with Gasteiger partial charge in [-0.05, 0) is 12.0 Å². The van der Waals surface area contributed by atoms with E-state index in [2.05, 4.69) is 10.3 Å². The summed E-state index contributed by atoms with van der Waals surface area (Å²) in [6.45, 7) is 6.74. The molecule has 5 nitrogen and oxygen atoms in total. The minimum Gasteiger partial charge on any atom is -0.356 e. The van der Waals surface area contributed by atoms with Gasteiger partial charge in [0.05, 0.1) is 11.7 Å². The predicted octanol–water partition coefficient (Wildman–Crippen LogP) is 2.94. The molecule has 138 valence electrons. The van der Waals surface area contributed by atoms with Gasteiger partial charge in [0.2, 0.25) is 5.91 Å². The summed E-state index contributed by atoms with van der Waals surface area (Å²) in [6.07, 6.45) is 1.12. The molecule has 0 radical (unpaired) electrons. The summed E-state index contributed by atoms with van der Waals surface area (Å²) in [7, 11) is 0. The molecule has 1 aliphatic heterocycles. The molecule has 0 bridgehead atoms. The van der Waals surface area contributed by atoms with Gasteiger partial charge in [0.1, 0.15) is 0 Å². The van der Waals surface area contributed by atoms with Gasteiger partial charge in [-0.2, -0.15) is 0 Å². The maximum atomic E-state index is 12.5. The third-order valence-electron chi connectivity index (χ3n) is 4.46. The molecule has 0 aliphatic carbocycles. The lowest BCUT2D eigenvalue weighted by Gasteiger charge is -2.19. The highest BCUT2D eigenvalue weighted by Gasteiger charge is 2.29. The van der Waals surface area contributed by atoms with E-state index in [4.69, 9.17) is 0 Å². The van der Waals surface area contributed by atoms with Crippen molar-refractivity contribution < 1.29 is 4.79 Å². The van der Waals surface area contributed by atoms with Crippen LogP contribution in [0, 0.1) is 0 Å². The third-order valence-corrected chi connectivity index (χ3v) is 5.56. The fraction of sp³-hybridized carbons (Fsp3) is 0.450. The van der Waals surface area contributed by atoms with Crippen molar-refractivity contribution in [1.29, 1.82) is 0 Å². The van der Waals surface area contributed by atoms with E-state index < -0.39 is 0 Å². The van der Waals surface area contributed by atoms with Gasteiger partial charge in [-0.25, -0.2) is 4.98 Å². The van der Waals surface area contributed by atoms with Crippen LogP contribution in [0.3, 0.4) is 0 Å². The molecule has 1 aliphatic rings. The smallest absolute Gasteiger partial charge is 0.254 e. The zero-order chi connectivity index (χ0) is 18.7. The Bertz CT molecular complexity index is 840. The minimum atomic E-state index is -0.164. The number of nitrogens with one attached hydrogen (secondary N) is 1. The summed E-state index contributed by atoms with van der Waals surface area (Å²) in [6, 6.07) is 11.6. The molecule has 26 heavy (non-hydrogen) atoms. The second kappa shape index (κ2) is 7.66. The molecule has 0 saturated carbocycles. The Labute approximate surface area is 158 Å². The molecule has 1 aromatic carbocycles. The molecule has 0 saturated heterocycles. The van der Waals surface area contributed by atoms with Gasteiger partial charge in [0.15, 0.2) is 5.16 Å². The molecule has 0 fully saturated rings. The number of hydrogen-bond acceptors (Lipinski definition) is 4. The van der Waals surface area contributed by atoms with E-state index >= 15 is 0 Å². The van der Waals surface area contributed by atoms with Crippen molar-refractivity contribution >= 4 is 17.7 Å². The van der Waals surface area contributed by atoms with Crippen molar-refractivity contribution in [3.8, 4) is 0 Å². The third kappa shape index (κ3) is 4.36. The monoisotopic (exact) mass is 371 g/mol. The van der Waals surface area contributed by atoms with Crippen molar-refractivity contribution in [2.45, 2.75) is 50.2 Å². The SMILES string of the molecule is CC(C)(C)c1cc(=O)n2c(n1)SCC2CC(=O)NCCc1ccccc1. The fourth-order valence-corrected chi connectivity index (χ4v) is 4.11. The Balaban J connectivity index is 1.61. The van der Waals surface area contributed by atoms with Gasteiger partial charge in [-0.1, -0.05) is 62.9 Å². The Hall–Kier alpha value is -2.08. The number of thioether (sulfide) groups is 1. The number of carbonyl (C=O) groups is 1. The van der Waals surface area contributed by atoms with Crippen molar-refractivity contribution in [2.24, 2.45) is 0 Å². The number of rotatable bonds is 5. The standard InChI is InChI=1S/C20H25N3O2S/c1-20(2,3)16-12-18(25)23-15(13-26-19(23)22-16)11-17(24)21-10-9-14-7-5-4-6-8-14/h4-8,12,15H,9-11,13H2,1-3H3,(H,21,24). The van der Waals surface area contributed by atoms with Crippen LogP contribution in [-0.2, 0) is 16.6 Å². The molecule has 0 spiro atoms. The second-order valence-corrected chi connectivity index (χ2v) is 8.62. The molecular weight excluding hydrogens is 346 g/mol. The highest BCUT2D eigenvalue weighted by molar-refractivity contribution is 7.99. The van der Waals surface area contributed by atoms with Gasteiger partial charge in [0.25, 0.3) is 5.56 Å². The first-order valence-corrected chi connectivity index (χ1v) is 9.90. The lowest BCUT2D eigenvalue weighted by Crippen LogP contribution is -2.32. The Morgan fingerprint density at radius 3 is 2.73 bits per heavy atom. The summed E-state index contributed by atoms with van der Waals surface area (Å²) in [4.78, 5) is 29.5. The van der Waals surface area contributed by atoms with Crippen LogP contribution in [0.25, 0.3) is 0 Å². The maximum absolute atomic E-state index is 12.5. The van der Waals surface area contributed by atoms with Crippen LogP contribution in [0.5, 0.6) is 0 Å². The first-order valence-electron chi connectivity index (χ1n) is 8.92. The van der Waals surface area contributed by atoms with Crippen LogP contribution in [0.15, 0.2) is 46.3 Å². The molecule has 2 heterocycles. The molecule has 1 unspecified atom stereocenters. The van der Waals surface area contributed by atoms with Gasteiger partial charge in [0, 0.05) is 30.2 Å². The van der Waals surface area contributed by atoms with Gasteiger partial charge in [-0.3, -0.25) is 14.2 Å². The summed E-state index contributed by atoms with van der Waals surface area (Å²) in [5.74, 6) is 0.688. The van der Waals surface area contributed by atoms with Gasteiger partial charge in [-0.15, -0.1) is 0 Å². The van der Waals surface area contributed by atoms with Crippen LogP contribution in [0.1, 0.15) is 44.5 Å². The topological polar surface area (TPSA) is 64.0 Å². The number of hydrogen-bond donors (Lipinski definition) is 1. The molecular formula is C20H25N3O2S. The molecule has 1 atom stereocenters. The highest BCUT2D eigenvalue weighted by atomic mass is 32.2. The highest BCUT2D eigenvalue weighted by Crippen LogP contribution is 2.33. The minimum absolute atomic E-state index is 0.0221. The first-order chi connectivity index (χ1) is 12.3. The molecule has 2 aromatic rings. The Morgan fingerprint density at radius 1 is 1.31 bits per heavy atom. The summed E-state index contributed by atoms with van der Waals surface area (Å²) in [5, 5.41) is 3.69.